The SMILES string of the molecule is C=CCC12CCN(CC1)C(C(c1ccccc1)c1ccccc1)C2NCc1cc(OC)ccc1OC. The van der Waals surface area contributed by atoms with Gasteiger partial charge in [0.2, 0.25) is 0 Å². The Morgan fingerprint density at radius 1 is 0.944 bits per heavy atom. The molecule has 0 saturated carbocycles. The Bertz CT molecular complexity index is 1100. The van der Waals surface area contributed by atoms with Crippen molar-refractivity contribution in [2.45, 2.75) is 43.8 Å². The normalized spacial score (nSPS) is 25.0. The van der Waals surface area contributed by atoms with Gasteiger partial charge in [-0.25, -0.2) is 0 Å². The van der Waals surface area contributed by atoms with E-state index >= 15 is 0 Å². The number of nitrogens with zero attached hydrogens (tertiary/aromatic N) is 1. The molecule has 3 aromatic rings. The number of ether oxygens (including phenoxy) is 2. The maximum atomic E-state index is 5.71. The van der Waals surface area contributed by atoms with Crippen molar-refractivity contribution >= 4 is 0 Å². The molecule has 1 N–H and O–H groups in total. The molecule has 3 saturated heterocycles. The Morgan fingerprint density at radius 2 is 1.58 bits per heavy atom. The Labute approximate surface area is 215 Å². The van der Waals surface area contributed by atoms with E-state index in [1.165, 1.54) is 24.0 Å². The van der Waals surface area contributed by atoms with Crippen molar-refractivity contribution in [3.8, 4) is 11.5 Å². The fourth-order valence-corrected chi connectivity index (χ4v) is 6.66. The predicted molar refractivity (Wildman–Crippen MR) is 147 cm³/mol. The summed E-state index contributed by atoms with van der Waals surface area (Å²) in [5.41, 5.74) is 4.06. The van der Waals surface area contributed by atoms with E-state index in [1.807, 2.05) is 12.1 Å². The molecule has 3 aliphatic rings. The minimum Gasteiger partial charge on any atom is -0.497 e. The summed E-state index contributed by atoms with van der Waals surface area (Å²) in [5.74, 6) is 2.02. The minimum absolute atomic E-state index is 0.190. The van der Waals surface area contributed by atoms with Crippen molar-refractivity contribution in [2.24, 2.45) is 5.41 Å². The van der Waals surface area contributed by atoms with Crippen molar-refractivity contribution in [3.63, 3.8) is 0 Å². The Morgan fingerprint density at radius 3 is 2.14 bits per heavy atom. The standard InChI is InChI=1S/C32H38N2O2/c1-4-17-32-18-20-34(21-19-32)30(29(24-11-7-5-8-12-24)25-13-9-6-10-14-25)31(32)33-23-26-22-27(35-2)15-16-28(26)36-3/h4-16,22,29-31,33H,1,17-21,23H2,2-3H3. The van der Waals surface area contributed by atoms with E-state index in [9.17, 15) is 0 Å². The number of methoxy groups -OCH3 is 2. The summed E-state index contributed by atoms with van der Waals surface area (Å²) >= 11 is 0. The van der Waals surface area contributed by atoms with Gasteiger partial charge in [0.25, 0.3) is 0 Å². The van der Waals surface area contributed by atoms with E-state index in [0.29, 0.717) is 12.1 Å². The van der Waals surface area contributed by atoms with E-state index in [2.05, 4.69) is 89.6 Å². The first-order valence-electron chi connectivity index (χ1n) is 13.1. The Balaban J connectivity index is 1.56. The summed E-state index contributed by atoms with van der Waals surface area (Å²) in [6.45, 7) is 7.17. The average molecular weight is 483 g/mol. The highest BCUT2D eigenvalue weighted by Crippen LogP contribution is 2.50. The molecule has 0 spiro atoms. The predicted octanol–water partition coefficient (Wildman–Crippen LogP) is 6.03. The lowest BCUT2D eigenvalue weighted by Crippen LogP contribution is -2.69. The lowest BCUT2D eigenvalue weighted by Gasteiger charge is -2.60. The zero-order valence-corrected chi connectivity index (χ0v) is 21.5. The molecule has 2 unspecified atom stereocenters. The van der Waals surface area contributed by atoms with Crippen LogP contribution in [0.15, 0.2) is 91.5 Å². The van der Waals surface area contributed by atoms with E-state index in [4.69, 9.17) is 9.47 Å². The molecule has 4 nitrogen and oxygen atoms in total. The van der Waals surface area contributed by atoms with Crippen LogP contribution in [0, 0.1) is 5.41 Å². The molecule has 3 aliphatic heterocycles. The number of piperidine rings is 3. The lowest BCUT2D eigenvalue weighted by molar-refractivity contribution is -0.0605. The molecule has 2 atom stereocenters. The third kappa shape index (κ3) is 4.68. The van der Waals surface area contributed by atoms with Gasteiger partial charge in [-0.15, -0.1) is 6.58 Å². The molecule has 0 amide bonds. The highest BCUT2D eigenvalue weighted by Gasteiger charge is 2.54. The second kappa shape index (κ2) is 10.9. The second-order valence-corrected chi connectivity index (χ2v) is 10.2. The summed E-state index contributed by atoms with van der Waals surface area (Å²) in [6, 6.07) is 28.8. The Kier molecular flexibility index (Phi) is 7.45. The fraction of sp³-hybridized carbons (Fsp3) is 0.375. The number of fused-ring (bicyclic) bond motifs is 3. The maximum absolute atomic E-state index is 5.71. The van der Waals surface area contributed by atoms with Crippen LogP contribution in [0.3, 0.4) is 0 Å². The highest BCUT2D eigenvalue weighted by molar-refractivity contribution is 5.41. The third-order valence-corrected chi connectivity index (χ3v) is 8.43. The molecular formula is C32H38N2O2. The summed E-state index contributed by atoms with van der Waals surface area (Å²) in [4.78, 5) is 2.73. The first-order valence-corrected chi connectivity index (χ1v) is 13.1. The molecule has 0 aromatic heterocycles. The molecule has 188 valence electrons. The smallest absolute Gasteiger partial charge is 0.123 e. The average Bonchev–Trinajstić information content (AvgIpc) is 2.94. The maximum Gasteiger partial charge on any atom is 0.123 e. The van der Waals surface area contributed by atoms with Crippen LogP contribution in [0.2, 0.25) is 0 Å². The molecule has 4 heteroatoms. The van der Waals surface area contributed by atoms with Gasteiger partial charge >= 0.3 is 0 Å². The largest absolute Gasteiger partial charge is 0.497 e. The minimum atomic E-state index is 0.190. The van der Waals surface area contributed by atoms with Crippen LogP contribution in [0.25, 0.3) is 0 Å². The molecule has 3 fully saturated rings. The van der Waals surface area contributed by atoms with Crippen molar-refractivity contribution < 1.29 is 9.47 Å². The van der Waals surface area contributed by atoms with Gasteiger partial charge < -0.3 is 14.8 Å². The fourth-order valence-electron chi connectivity index (χ4n) is 6.66. The van der Waals surface area contributed by atoms with Gasteiger partial charge in [-0.1, -0.05) is 66.7 Å². The summed E-state index contributed by atoms with van der Waals surface area (Å²) in [5, 5.41) is 4.07. The number of hydrogen-bond acceptors (Lipinski definition) is 4. The molecule has 3 heterocycles. The van der Waals surface area contributed by atoms with Crippen molar-refractivity contribution in [1.29, 1.82) is 0 Å². The van der Waals surface area contributed by atoms with Gasteiger partial charge in [0.1, 0.15) is 11.5 Å². The van der Waals surface area contributed by atoms with Crippen LogP contribution in [0.5, 0.6) is 11.5 Å². The van der Waals surface area contributed by atoms with E-state index < -0.39 is 0 Å². The molecule has 36 heavy (non-hydrogen) atoms. The first kappa shape index (κ1) is 24.6. The van der Waals surface area contributed by atoms with Gasteiger partial charge in [0.05, 0.1) is 14.2 Å². The van der Waals surface area contributed by atoms with Crippen LogP contribution in [0.4, 0.5) is 0 Å². The van der Waals surface area contributed by atoms with Crippen LogP contribution in [-0.4, -0.2) is 44.3 Å². The molecule has 6 rings (SSSR count). The lowest BCUT2D eigenvalue weighted by atomic mass is 9.60. The van der Waals surface area contributed by atoms with E-state index in [-0.39, 0.29) is 11.3 Å². The van der Waals surface area contributed by atoms with Gasteiger partial charge in [0.15, 0.2) is 0 Å². The topological polar surface area (TPSA) is 33.7 Å². The molecule has 3 aromatic carbocycles. The number of hydrogen-bond donors (Lipinski definition) is 1. The van der Waals surface area contributed by atoms with Gasteiger partial charge in [-0.3, -0.25) is 4.90 Å². The third-order valence-electron chi connectivity index (χ3n) is 8.43. The molecule has 0 radical (unpaired) electrons. The zero-order chi connectivity index (χ0) is 25.0. The number of nitrogens with one attached hydrogen (secondary N) is 1. The van der Waals surface area contributed by atoms with Crippen molar-refractivity contribution in [3.05, 3.63) is 108 Å². The Hall–Kier alpha value is -3.08. The summed E-state index contributed by atoms with van der Waals surface area (Å²) in [6.07, 6.45) is 5.55. The molecule has 0 aliphatic carbocycles. The van der Waals surface area contributed by atoms with Crippen LogP contribution < -0.4 is 14.8 Å². The number of benzene rings is 3. The monoisotopic (exact) mass is 482 g/mol. The van der Waals surface area contributed by atoms with Gasteiger partial charge in [-0.2, -0.15) is 0 Å². The van der Waals surface area contributed by atoms with Crippen LogP contribution in [0.1, 0.15) is 41.9 Å². The van der Waals surface area contributed by atoms with Gasteiger partial charge in [0, 0.05) is 30.1 Å². The summed E-state index contributed by atoms with van der Waals surface area (Å²) in [7, 11) is 3.45. The highest BCUT2D eigenvalue weighted by atomic mass is 16.5. The van der Waals surface area contributed by atoms with Crippen LogP contribution in [-0.2, 0) is 6.54 Å². The number of allylic oxidation sites excluding steroid dienone is 1. The second-order valence-electron chi connectivity index (χ2n) is 10.2. The quantitative estimate of drug-likeness (QED) is 0.358. The first-order chi connectivity index (χ1) is 17.7. The van der Waals surface area contributed by atoms with E-state index in [1.54, 1.807) is 14.2 Å². The van der Waals surface area contributed by atoms with Gasteiger partial charge in [-0.05, 0) is 67.1 Å². The molecular weight excluding hydrogens is 444 g/mol. The summed E-state index contributed by atoms with van der Waals surface area (Å²) < 4.78 is 11.2. The van der Waals surface area contributed by atoms with Crippen molar-refractivity contribution in [2.75, 3.05) is 27.3 Å². The van der Waals surface area contributed by atoms with E-state index in [0.717, 1.165) is 43.1 Å². The van der Waals surface area contributed by atoms with Crippen LogP contribution >= 0.6 is 0 Å². The zero-order valence-electron chi connectivity index (χ0n) is 21.5. The molecule has 2 bridgehead atoms. The van der Waals surface area contributed by atoms with Crippen molar-refractivity contribution in [1.82, 2.24) is 10.2 Å². The number of rotatable bonds is 10.